The first kappa shape index (κ1) is 21.3. The van der Waals surface area contributed by atoms with E-state index in [9.17, 15) is 9.59 Å². The minimum Gasteiger partial charge on any atom is -0.497 e. The molecule has 0 atom stereocenters. The van der Waals surface area contributed by atoms with Gasteiger partial charge in [0.25, 0.3) is 0 Å². The van der Waals surface area contributed by atoms with Crippen LogP contribution in [0.4, 0.5) is 5.69 Å². The summed E-state index contributed by atoms with van der Waals surface area (Å²) in [6.45, 7) is 1.82. The van der Waals surface area contributed by atoms with Gasteiger partial charge in [0.15, 0.2) is 10.6 Å². The molecular formula is C21H23N5O3S. The van der Waals surface area contributed by atoms with Gasteiger partial charge in [-0.05, 0) is 54.5 Å². The van der Waals surface area contributed by atoms with Crippen molar-refractivity contribution >= 4 is 29.7 Å². The zero-order chi connectivity index (χ0) is 21.5. The van der Waals surface area contributed by atoms with Crippen molar-refractivity contribution in [1.82, 2.24) is 20.1 Å². The van der Waals surface area contributed by atoms with Gasteiger partial charge in [-0.25, -0.2) is 0 Å². The number of para-hydroxylation sites is 1. The van der Waals surface area contributed by atoms with Gasteiger partial charge in [0.2, 0.25) is 11.8 Å². The first-order valence-electron chi connectivity index (χ1n) is 9.46. The van der Waals surface area contributed by atoms with E-state index in [0.29, 0.717) is 16.3 Å². The molecule has 0 saturated heterocycles. The zero-order valence-electron chi connectivity index (χ0n) is 16.8. The molecule has 0 aliphatic rings. The van der Waals surface area contributed by atoms with Crippen LogP contribution >= 0.6 is 12.2 Å². The number of nitrogens with one attached hydrogen (secondary N) is 3. The second kappa shape index (κ2) is 9.84. The lowest BCUT2D eigenvalue weighted by atomic mass is 10.1. The Hall–Kier alpha value is -3.46. The number of rotatable bonds is 8. The summed E-state index contributed by atoms with van der Waals surface area (Å²) in [7, 11) is 1.59. The van der Waals surface area contributed by atoms with Crippen LogP contribution in [0.5, 0.6) is 5.75 Å². The number of aromatic nitrogens is 3. The van der Waals surface area contributed by atoms with E-state index in [1.54, 1.807) is 23.8 Å². The fourth-order valence-electron chi connectivity index (χ4n) is 2.95. The number of nitrogens with zero attached hydrogens (tertiary/aromatic N) is 2. The van der Waals surface area contributed by atoms with E-state index in [4.69, 9.17) is 17.0 Å². The van der Waals surface area contributed by atoms with Crippen molar-refractivity contribution in [2.75, 3.05) is 19.0 Å². The molecule has 0 spiro atoms. The van der Waals surface area contributed by atoms with E-state index in [-0.39, 0.29) is 24.9 Å². The molecule has 0 unspecified atom stereocenters. The van der Waals surface area contributed by atoms with Crippen LogP contribution < -0.4 is 15.4 Å². The average Bonchev–Trinajstić information content (AvgIpc) is 3.12. The summed E-state index contributed by atoms with van der Waals surface area (Å²) in [5.41, 5.74) is 2.56. The van der Waals surface area contributed by atoms with E-state index in [0.717, 1.165) is 23.2 Å². The molecule has 1 heterocycles. The van der Waals surface area contributed by atoms with Crippen LogP contribution in [0.2, 0.25) is 0 Å². The molecule has 0 radical (unpaired) electrons. The number of aryl methyl sites for hydroxylation is 1. The van der Waals surface area contributed by atoms with Crippen LogP contribution in [-0.2, 0) is 22.6 Å². The topological polar surface area (TPSA) is 101 Å². The Labute approximate surface area is 179 Å². The molecule has 8 nitrogen and oxygen atoms in total. The van der Waals surface area contributed by atoms with Crippen molar-refractivity contribution in [2.24, 2.45) is 0 Å². The predicted octanol–water partition coefficient (Wildman–Crippen LogP) is 2.93. The highest BCUT2D eigenvalue weighted by molar-refractivity contribution is 7.71. The van der Waals surface area contributed by atoms with E-state index in [2.05, 4.69) is 20.8 Å². The lowest BCUT2D eigenvalue weighted by Gasteiger charge is -2.11. The largest absolute Gasteiger partial charge is 0.497 e. The molecule has 0 bridgehead atoms. The molecule has 1 aromatic heterocycles. The lowest BCUT2D eigenvalue weighted by molar-refractivity contribution is -0.124. The monoisotopic (exact) mass is 425 g/mol. The summed E-state index contributed by atoms with van der Waals surface area (Å²) in [4.78, 5) is 24.6. The first-order valence-corrected chi connectivity index (χ1v) is 9.86. The molecule has 3 aromatic rings. The Morgan fingerprint density at radius 2 is 1.87 bits per heavy atom. The second-order valence-electron chi connectivity index (χ2n) is 6.50. The first-order chi connectivity index (χ1) is 14.5. The third kappa shape index (κ3) is 5.12. The normalized spacial score (nSPS) is 10.5. The van der Waals surface area contributed by atoms with Gasteiger partial charge >= 0.3 is 0 Å². The maximum absolute atomic E-state index is 12.4. The maximum atomic E-state index is 12.4. The van der Waals surface area contributed by atoms with E-state index >= 15 is 0 Å². The molecule has 3 N–H and O–H groups in total. The summed E-state index contributed by atoms with van der Waals surface area (Å²) in [5.74, 6) is 0.601. The van der Waals surface area contributed by atoms with Gasteiger partial charge in [0, 0.05) is 11.3 Å². The van der Waals surface area contributed by atoms with Crippen molar-refractivity contribution in [1.29, 1.82) is 0 Å². The predicted molar refractivity (Wildman–Crippen MR) is 117 cm³/mol. The van der Waals surface area contributed by atoms with Crippen molar-refractivity contribution in [3.8, 4) is 17.1 Å². The highest BCUT2D eigenvalue weighted by Gasteiger charge is 2.14. The number of ether oxygens (including phenoxy) is 1. The Balaban J connectivity index is 1.62. The maximum Gasteiger partial charge on any atom is 0.243 e. The third-order valence-corrected chi connectivity index (χ3v) is 4.84. The Bertz CT molecular complexity index is 1090. The van der Waals surface area contributed by atoms with Gasteiger partial charge in [-0.1, -0.05) is 25.1 Å². The van der Waals surface area contributed by atoms with Crippen molar-refractivity contribution < 1.29 is 14.3 Å². The summed E-state index contributed by atoms with van der Waals surface area (Å²) >= 11 is 5.25. The van der Waals surface area contributed by atoms with E-state index < -0.39 is 0 Å². The number of aromatic amines is 1. The van der Waals surface area contributed by atoms with E-state index in [1.165, 1.54) is 0 Å². The number of benzene rings is 2. The number of hydrogen-bond donors (Lipinski definition) is 3. The third-order valence-electron chi connectivity index (χ3n) is 4.53. The molecule has 30 heavy (non-hydrogen) atoms. The number of H-pyrrole nitrogens is 1. The van der Waals surface area contributed by atoms with Gasteiger partial charge in [-0.2, -0.15) is 5.10 Å². The molecule has 2 aromatic carbocycles. The smallest absolute Gasteiger partial charge is 0.243 e. The molecule has 0 aliphatic heterocycles. The number of carbonyl (C=O) groups excluding carboxylic acids is 2. The fraction of sp³-hybridized carbons (Fsp3) is 0.238. The fourth-order valence-corrected chi connectivity index (χ4v) is 3.14. The van der Waals surface area contributed by atoms with Gasteiger partial charge in [0.05, 0.1) is 13.7 Å². The van der Waals surface area contributed by atoms with Crippen LogP contribution in [0.1, 0.15) is 12.5 Å². The Morgan fingerprint density at radius 3 is 2.57 bits per heavy atom. The average molecular weight is 426 g/mol. The van der Waals surface area contributed by atoms with Gasteiger partial charge < -0.3 is 15.4 Å². The molecule has 0 aliphatic carbocycles. The van der Waals surface area contributed by atoms with Crippen molar-refractivity contribution in [2.45, 2.75) is 19.9 Å². The molecule has 0 fully saturated rings. The Morgan fingerprint density at radius 1 is 1.13 bits per heavy atom. The van der Waals surface area contributed by atoms with Crippen LogP contribution in [0, 0.1) is 4.77 Å². The van der Waals surface area contributed by atoms with Crippen LogP contribution in [0.3, 0.4) is 0 Å². The molecule has 2 amide bonds. The molecule has 3 rings (SSSR count). The van der Waals surface area contributed by atoms with Crippen LogP contribution in [0.25, 0.3) is 11.4 Å². The SMILES string of the molecule is CCc1ccccc1NC(=O)CNC(=O)Cn1c(-c2ccc(OC)cc2)n[nH]c1=S. The van der Waals surface area contributed by atoms with Gasteiger partial charge in [0.1, 0.15) is 12.3 Å². The number of methoxy groups -OCH3 is 1. The molecule has 9 heteroatoms. The lowest BCUT2D eigenvalue weighted by Crippen LogP contribution is -2.35. The minimum atomic E-state index is -0.346. The number of hydrogen-bond acceptors (Lipinski definition) is 5. The van der Waals surface area contributed by atoms with Gasteiger partial charge in [-0.15, -0.1) is 0 Å². The molecule has 156 valence electrons. The number of amides is 2. The highest BCUT2D eigenvalue weighted by Crippen LogP contribution is 2.21. The second-order valence-corrected chi connectivity index (χ2v) is 6.89. The summed E-state index contributed by atoms with van der Waals surface area (Å²) in [5, 5.41) is 12.4. The van der Waals surface area contributed by atoms with E-state index in [1.807, 2.05) is 43.3 Å². The summed E-state index contributed by atoms with van der Waals surface area (Å²) < 4.78 is 7.06. The van der Waals surface area contributed by atoms with Crippen molar-refractivity contribution in [3.63, 3.8) is 0 Å². The Kier molecular flexibility index (Phi) is 6.97. The highest BCUT2D eigenvalue weighted by atomic mass is 32.1. The standard InChI is InChI=1S/C21H23N5O3S/c1-3-14-6-4-5-7-17(14)23-18(27)12-22-19(28)13-26-20(24-25-21(26)30)15-8-10-16(29-2)11-9-15/h4-11H,3,12-13H2,1-2H3,(H,22,28)(H,23,27)(H,25,30). The van der Waals surface area contributed by atoms with Crippen LogP contribution in [0.15, 0.2) is 48.5 Å². The van der Waals surface area contributed by atoms with Gasteiger partial charge in [-0.3, -0.25) is 19.3 Å². The zero-order valence-corrected chi connectivity index (χ0v) is 17.6. The van der Waals surface area contributed by atoms with Crippen molar-refractivity contribution in [3.05, 3.63) is 58.9 Å². The summed E-state index contributed by atoms with van der Waals surface area (Å²) in [6.07, 6.45) is 0.801. The quantitative estimate of drug-likeness (QED) is 0.482. The van der Waals surface area contributed by atoms with Crippen LogP contribution in [-0.4, -0.2) is 40.2 Å². The molecule has 0 saturated carbocycles. The summed E-state index contributed by atoms with van der Waals surface area (Å²) in [6, 6.07) is 14.8. The minimum absolute atomic E-state index is 0.0600. The number of carbonyl (C=O) groups is 2. The number of anilines is 1. The molecular weight excluding hydrogens is 402 g/mol.